The van der Waals surface area contributed by atoms with Gasteiger partial charge in [-0.25, -0.2) is 0 Å². The molecule has 0 radical (unpaired) electrons. The third kappa shape index (κ3) is 9.07. The molecule has 3 aromatic rings. The zero-order valence-electron chi connectivity index (χ0n) is 24.8. The summed E-state index contributed by atoms with van der Waals surface area (Å²) in [6.07, 6.45) is 1.04. The summed E-state index contributed by atoms with van der Waals surface area (Å²) in [6.45, 7) is 17.6. The van der Waals surface area contributed by atoms with E-state index in [9.17, 15) is 18.5 Å². The van der Waals surface area contributed by atoms with Gasteiger partial charge in [0.15, 0.2) is 0 Å². The van der Waals surface area contributed by atoms with Crippen molar-refractivity contribution in [3.8, 4) is 0 Å². The first-order valence-corrected chi connectivity index (χ1v) is 20.5. The maximum atomic E-state index is 11.5. The average molecular weight is 722 g/mol. The smallest absolute Gasteiger partial charge is 0.0146 e. The van der Waals surface area contributed by atoms with Crippen molar-refractivity contribution in [2.45, 2.75) is 48.1 Å². The molecule has 230 valence electrons. The molecular formula is C30H37Cl2N4O4RuS-. The molecule has 1 aliphatic rings. The van der Waals surface area contributed by atoms with Crippen molar-refractivity contribution in [1.29, 1.82) is 0 Å². The molecule has 1 heterocycles. The van der Waals surface area contributed by atoms with Crippen molar-refractivity contribution in [1.82, 2.24) is 4.31 Å². The summed E-state index contributed by atoms with van der Waals surface area (Å²) >= 11 is -2.28. The third-order valence-corrected chi connectivity index (χ3v) is 9.87. The normalized spacial score (nSPS) is 13.6. The largest absolute Gasteiger partial charge is 0.502 e. The number of nitro groups is 1. The second kappa shape index (κ2) is 14.4. The molecule has 1 saturated heterocycles. The van der Waals surface area contributed by atoms with E-state index in [-0.39, 0.29) is 12.2 Å². The molecule has 0 bridgehead atoms. The first-order chi connectivity index (χ1) is 19.6. The van der Waals surface area contributed by atoms with E-state index in [0.29, 0.717) is 5.56 Å². The third-order valence-electron chi connectivity index (χ3n) is 6.79. The average Bonchev–Trinajstić information content (AvgIpc) is 3.31. The van der Waals surface area contributed by atoms with Gasteiger partial charge in [-0.15, -0.1) is 0 Å². The summed E-state index contributed by atoms with van der Waals surface area (Å²) in [5.74, 6) is 0. The van der Waals surface area contributed by atoms with Gasteiger partial charge >= 0.3 is 124 Å². The first kappa shape index (κ1) is 34.1. The Morgan fingerprint density at radius 2 is 1.29 bits per heavy atom. The summed E-state index contributed by atoms with van der Waals surface area (Å²) in [5, 5.41) is 10.5. The van der Waals surface area contributed by atoms with E-state index in [1.807, 2.05) is 0 Å². The number of nitrogens with zero attached hydrogens (tertiary/aromatic N) is 4. The molecule has 1 fully saturated rings. The Bertz CT molecular complexity index is 1480. The van der Waals surface area contributed by atoms with Crippen LogP contribution in [0, 0.1) is 58.3 Å². The molecule has 0 spiro atoms. The molecule has 0 N–H and O–H groups in total. The standard InChI is InChI=1S/C21H27N2.C9H10N2O4S.2ClH.Ru/c1-14-9-16(3)20(17(4)10-14)22-7-8-23(13-22)21-18(5)11-15(2)12-19(21)6;1-10(16(2,14)15)7-8-3-5-9(6-4-8)11(12)13;;;/h9-13H,7-8H2,1-6H3;1,3-6H,7H2,2H3;2*1H;/q-1;;;;+2/p-2. The molecule has 0 aliphatic carbocycles. The van der Waals surface area contributed by atoms with Crippen LogP contribution in [-0.4, -0.2) is 41.7 Å². The second-order valence-corrected chi connectivity index (χ2v) is 18.1. The van der Waals surface area contributed by atoms with Crippen LogP contribution in [0.25, 0.3) is 0 Å². The molecule has 0 atom stereocenters. The van der Waals surface area contributed by atoms with E-state index in [1.54, 1.807) is 0 Å². The summed E-state index contributed by atoms with van der Waals surface area (Å²) in [5.41, 5.74) is 11.4. The van der Waals surface area contributed by atoms with Crippen molar-refractivity contribution >= 4 is 51.2 Å². The number of benzene rings is 3. The van der Waals surface area contributed by atoms with Gasteiger partial charge in [-0.2, -0.15) is 6.67 Å². The van der Waals surface area contributed by atoms with Crippen molar-refractivity contribution < 1.29 is 26.9 Å². The van der Waals surface area contributed by atoms with Crippen molar-refractivity contribution in [2.24, 2.45) is 0 Å². The minimum absolute atomic E-state index is 0.0425. The van der Waals surface area contributed by atoms with Crippen molar-refractivity contribution in [3.63, 3.8) is 0 Å². The Kier molecular flexibility index (Phi) is 11.7. The van der Waals surface area contributed by atoms with E-state index < -0.39 is 28.5 Å². The molecule has 0 unspecified atom stereocenters. The minimum Gasteiger partial charge on any atom is -0.502 e. The van der Waals surface area contributed by atoms with Crippen LogP contribution in [0.1, 0.15) is 38.9 Å². The number of anilines is 2. The molecule has 3 aromatic carbocycles. The number of aryl methyl sites for hydroxylation is 6. The summed E-state index contributed by atoms with van der Waals surface area (Å²) < 4.78 is 25.4. The van der Waals surface area contributed by atoms with Crippen LogP contribution in [-0.2, 0) is 30.1 Å². The zero-order valence-corrected chi connectivity index (χ0v) is 28.9. The van der Waals surface area contributed by atoms with Gasteiger partial charge in [-0.05, 0) is 63.8 Å². The number of hydrogen-bond donors (Lipinski definition) is 0. The van der Waals surface area contributed by atoms with E-state index in [1.165, 1.54) is 73.8 Å². The van der Waals surface area contributed by atoms with Gasteiger partial charge in [-0.1, -0.05) is 35.4 Å². The quantitative estimate of drug-likeness (QED) is 0.113. The first-order valence-electron chi connectivity index (χ1n) is 13.1. The molecular weight excluding hydrogens is 684 g/mol. The van der Waals surface area contributed by atoms with Crippen LogP contribution in [0.3, 0.4) is 0 Å². The van der Waals surface area contributed by atoms with Crippen LogP contribution in [0.2, 0.25) is 0 Å². The molecule has 1 aliphatic heterocycles. The van der Waals surface area contributed by atoms with Crippen LogP contribution in [0.15, 0.2) is 48.5 Å². The summed E-state index contributed by atoms with van der Waals surface area (Å²) in [7, 11) is 7.86. The number of halogens is 2. The van der Waals surface area contributed by atoms with Gasteiger partial charge in [0.1, 0.15) is 0 Å². The minimum atomic E-state index is -3.47. The Morgan fingerprint density at radius 1 is 0.881 bits per heavy atom. The summed E-state index contributed by atoms with van der Waals surface area (Å²) in [6, 6.07) is 14.7. The number of non-ortho nitro benzene ring substituents is 1. The number of nitro benzene ring substituents is 1. The van der Waals surface area contributed by atoms with E-state index in [2.05, 4.69) is 82.3 Å². The van der Waals surface area contributed by atoms with Crippen LogP contribution in [0.4, 0.5) is 17.1 Å². The Morgan fingerprint density at radius 3 is 1.62 bits per heavy atom. The predicted molar refractivity (Wildman–Crippen MR) is 172 cm³/mol. The molecule has 12 heteroatoms. The van der Waals surface area contributed by atoms with Crippen LogP contribution in [0.5, 0.6) is 0 Å². The van der Waals surface area contributed by atoms with Crippen LogP contribution >= 0.6 is 19.4 Å². The van der Waals surface area contributed by atoms with Crippen molar-refractivity contribution in [2.75, 3.05) is 29.1 Å². The summed E-state index contributed by atoms with van der Waals surface area (Å²) in [4.78, 5) is 14.8. The van der Waals surface area contributed by atoms with Gasteiger partial charge in [0.25, 0.3) is 0 Å². The Labute approximate surface area is 262 Å². The molecule has 4 rings (SSSR count). The Hall–Kier alpha value is -2.36. The predicted octanol–water partition coefficient (Wildman–Crippen LogP) is 7.02. The zero-order chi connectivity index (χ0) is 31.4. The van der Waals surface area contributed by atoms with E-state index >= 15 is 0 Å². The van der Waals surface area contributed by atoms with Gasteiger partial charge in [0.2, 0.25) is 0 Å². The topological polar surface area (TPSA) is 87.0 Å². The number of sulfonamides is 1. The van der Waals surface area contributed by atoms with Gasteiger partial charge in [-0.3, -0.25) is 0 Å². The monoisotopic (exact) mass is 721 g/mol. The number of hydrogen-bond acceptors (Lipinski definition) is 6. The Balaban J connectivity index is 0.000000236. The fourth-order valence-electron chi connectivity index (χ4n) is 5.29. The molecule has 0 amide bonds. The van der Waals surface area contributed by atoms with Crippen LogP contribution < -0.4 is 9.80 Å². The van der Waals surface area contributed by atoms with Gasteiger partial charge in [0, 0.05) is 24.5 Å². The fraction of sp³-hybridized carbons (Fsp3) is 0.333. The fourth-order valence-corrected chi connectivity index (χ4v) is 9.25. The maximum absolute atomic E-state index is 11.5. The number of rotatable bonds is 7. The van der Waals surface area contributed by atoms with Crippen molar-refractivity contribution in [3.05, 3.63) is 104 Å². The van der Waals surface area contributed by atoms with Gasteiger partial charge < -0.3 is 9.80 Å². The molecule has 8 nitrogen and oxygen atoms in total. The second-order valence-electron chi connectivity index (χ2n) is 10.5. The van der Waals surface area contributed by atoms with E-state index in [4.69, 9.17) is 19.4 Å². The van der Waals surface area contributed by atoms with E-state index in [0.717, 1.165) is 23.7 Å². The molecule has 42 heavy (non-hydrogen) atoms. The molecule has 0 saturated carbocycles. The molecule has 0 aromatic heterocycles. The SMILES string of the molecule is CS(=O)(=O)N([CH]=[Ru]([Cl])[Cl])Cc1ccc([N+](=O)[O-])cc1.Cc1cc(C)c(N2[CH-]N(c3c(C)cc(C)cc3C)CC2)c(C)c1. The maximum Gasteiger partial charge on any atom is 0.0146 e. The van der Waals surface area contributed by atoms with Gasteiger partial charge in [0.05, 0.1) is 0 Å².